The Morgan fingerprint density at radius 3 is 2.50 bits per heavy atom. The Bertz CT molecular complexity index is 980. The van der Waals surface area contributed by atoms with Crippen molar-refractivity contribution < 1.29 is 27.1 Å². The van der Waals surface area contributed by atoms with E-state index in [-0.39, 0.29) is 29.3 Å². The molecule has 0 bridgehead atoms. The lowest BCUT2D eigenvalue weighted by atomic mass is 9.99. The fourth-order valence-corrected chi connectivity index (χ4v) is 2.90. The van der Waals surface area contributed by atoms with Crippen molar-refractivity contribution in [3.8, 4) is 0 Å². The van der Waals surface area contributed by atoms with Crippen LogP contribution in [0.15, 0.2) is 59.1 Å². The number of para-hydroxylation sites is 1. The molecule has 0 spiro atoms. The molecule has 2 aromatic rings. The van der Waals surface area contributed by atoms with Gasteiger partial charge in [-0.05, 0) is 35.4 Å². The van der Waals surface area contributed by atoms with Crippen molar-refractivity contribution >= 4 is 23.1 Å². The molecule has 8 heteroatoms. The van der Waals surface area contributed by atoms with Crippen LogP contribution in [0.5, 0.6) is 0 Å². The van der Waals surface area contributed by atoms with Gasteiger partial charge < -0.3 is 9.64 Å². The molecule has 1 amide bonds. The van der Waals surface area contributed by atoms with E-state index in [1.165, 1.54) is 49.4 Å². The summed E-state index contributed by atoms with van der Waals surface area (Å²) in [6, 6.07) is 10.3. The topological polar surface area (TPSA) is 41.9 Å². The van der Waals surface area contributed by atoms with Gasteiger partial charge in [-0.25, -0.2) is 9.38 Å². The van der Waals surface area contributed by atoms with Crippen molar-refractivity contribution in [2.45, 2.75) is 6.18 Å². The lowest BCUT2D eigenvalue weighted by molar-refractivity contribution is -0.137. The first-order chi connectivity index (χ1) is 13.2. The first-order valence-corrected chi connectivity index (χ1v) is 8.26. The number of likely N-dealkylation sites (N-methyl/N-ethyl adjacent to an activating group) is 1. The molecule has 3 rings (SSSR count). The summed E-state index contributed by atoms with van der Waals surface area (Å²) in [6.45, 7) is 0.0785. The maximum absolute atomic E-state index is 14.0. The number of ether oxygens (including phenoxy) is 1. The minimum Gasteiger partial charge on any atom is -0.480 e. The van der Waals surface area contributed by atoms with E-state index in [4.69, 9.17) is 4.74 Å². The lowest BCUT2D eigenvalue weighted by Gasteiger charge is -2.11. The molecule has 0 saturated heterocycles. The number of halogens is 4. The number of hydrogen-bond acceptors (Lipinski definition) is 3. The highest BCUT2D eigenvalue weighted by Crippen LogP contribution is 2.34. The Morgan fingerprint density at radius 2 is 1.86 bits per heavy atom. The molecule has 2 aromatic carbocycles. The zero-order valence-electron chi connectivity index (χ0n) is 15.0. The second kappa shape index (κ2) is 7.46. The summed E-state index contributed by atoms with van der Waals surface area (Å²) < 4.78 is 58.4. The van der Waals surface area contributed by atoms with E-state index in [0.29, 0.717) is 5.57 Å². The van der Waals surface area contributed by atoms with Gasteiger partial charge in [0.2, 0.25) is 5.90 Å². The van der Waals surface area contributed by atoms with E-state index >= 15 is 0 Å². The quantitative estimate of drug-likeness (QED) is 0.440. The highest BCUT2D eigenvalue weighted by atomic mass is 19.4. The van der Waals surface area contributed by atoms with Crippen LogP contribution >= 0.6 is 0 Å². The number of nitrogens with zero attached hydrogens (tertiary/aromatic N) is 2. The zero-order valence-corrected chi connectivity index (χ0v) is 15.0. The predicted molar refractivity (Wildman–Crippen MR) is 96.5 cm³/mol. The number of alkyl halides is 3. The molecule has 0 aliphatic carbocycles. The van der Waals surface area contributed by atoms with Gasteiger partial charge in [0.05, 0.1) is 12.7 Å². The SMILES string of the molecule is COC(=Nc1ccccc1F)C1=C(c2cccc(C(F)(F)F)c2)CN(C)C1=O. The molecule has 4 nitrogen and oxygen atoms in total. The van der Waals surface area contributed by atoms with E-state index in [0.717, 1.165) is 12.1 Å². The van der Waals surface area contributed by atoms with Gasteiger partial charge in [-0.15, -0.1) is 0 Å². The summed E-state index contributed by atoms with van der Waals surface area (Å²) in [5, 5.41) is 0. The molecule has 1 aliphatic heterocycles. The number of rotatable bonds is 3. The van der Waals surface area contributed by atoms with Crippen LogP contribution in [0, 0.1) is 5.82 Å². The largest absolute Gasteiger partial charge is 0.480 e. The van der Waals surface area contributed by atoms with E-state index in [2.05, 4.69) is 4.99 Å². The predicted octanol–water partition coefficient (Wildman–Crippen LogP) is 4.45. The van der Waals surface area contributed by atoms with Crippen LogP contribution in [-0.4, -0.2) is 37.4 Å². The number of carbonyl (C=O) groups is 1. The normalized spacial score (nSPS) is 15.4. The third-order valence-electron chi connectivity index (χ3n) is 4.28. The summed E-state index contributed by atoms with van der Waals surface area (Å²) in [7, 11) is 2.78. The molecule has 1 aliphatic rings. The first-order valence-electron chi connectivity index (χ1n) is 8.26. The van der Waals surface area contributed by atoms with Crippen LogP contribution in [-0.2, 0) is 15.7 Å². The van der Waals surface area contributed by atoms with E-state index in [1.807, 2.05) is 0 Å². The van der Waals surface area contributed by atoms with Crippen LogP contribution in [0.2, 0.25) is 0 Å². The van der Waals surface area contributed by atoms with Crippen LogP contribution in [0.3, 0.4) is 0 Å². The van der Waals surface area contributed by atoms with Crippen molar-refractivity contribution in [2.75, 3.05) is 20.7 Å². The molecular formula is C20H16F4N2O2. The Balaban J connectivity index is 2.17. The first kappa shape index (κ1) is 19.6. The van der Waals surface area contributed by atoms with Crippen molar-refractivity contribution in [1.82, 2.24) is 4.90 Å². The lowest BCUT2D eigenvalue weighted by Crippen LogP contribution is -2.24. The third kappa shape index (κ3) is 3.76. The van der Waals surface area contributed by atoms with Crippen molar-refractivity contribution in [1.29, 1.82) is 0 Å². The molecule has 0 saturated carbocycles. The Labute approximate surface area is 158 Å². The smallest absolute Gasteiger partial charge is 0.416 e. The van der Waals surface area contributed by atoms with Crippen LogP contribution in [0.25, 0.3) is 5.57 Å². The number of amides is 1. The molecule has 0 aromatic heterocycles. The van der Waals surface area contributed by atoms with Crippen molar-refractivity contribution in [3.63, 3.8) is 0 Å². The molecule has 0 unspecified atom stereocenters. The van der Waals surface area contributed by atoms with Gasteiger partial charge in [0.15, 0.2) is 0 Å². The van der Waals surface area contributed by atoms with Gasteiger partial charge in [-0.3, -0.25) is 4.79 Å². The van der Waals surface area contributed by atoms with Crippen molar-refractivity contribution in [2.24, 2.45) is 4.99 Å². The number of benzene rings is 2. The van der Waals surface area contributed by atoms with Crippen LogP contribution < -0.4 is 0 Å². The van der Waals surface area contributed by atoms with Gasteiger partial charge in [0.1, 0.15) is 17.1 Å². The maximum atomic E-state index is 14.0. The second-order valence-corrected chi connectivity index (χ2v) is 6.17. The number of carbonyl (C=O) groups excluding carboxylic acids is 1. The zero-order chi connectivity index (χ0) is 20.5. The summed E-state index contributed by atoms with van der Waals surface area (Å²) in [4.78, 5) is 18.1. The Morgan fingerprint density at radius 1 is 1.14 bits per heavy atom. The van der Waals surface area contributed by atoms with E-state index < -0.39 is 23.5 Å². The second-order valence-electron chi connectivity index (χ2n) is 6.17. The highest BCUT2D eigenvalue weighted by Gasteiger charge is 2.35. The summed E-state index contributed by atoms with van der Waals surface area (Å²) in [6.07, 6.45) is -4.52. The molecule has 1 heterocycles. The molecular weight excluding hydrogens is 376 g/mol. The number of methoxy groups -OCH3 is 1. The number of hydrogen-bond donors (Lipinski definition) is 0. The summed E-state index contributed by atoms with van der Waals surface area (Å²) in [5.41, 5.74) is -0.314. The van der Waals surface area contributed by atoms with Crippen LogP contribution in [0.4, 0.5) is 23.2 Å². The third-order valence-corrected chi connectivity index (χ3v) is 4.28. The highest BCUT2D eigenvalue weighted by molar-refractivity contribution is 6.26. The van der Waals surface area contributed by atoms with Gasteiger partial charge >= 0.3 is 6.18 Å². The molecule has 0 radical (unpaired) electrons. The number of aliphatic imine (C=N–C) groups is 1. The van der Waals surface area contributed by atoms with E-state index in [1.54, 1.807) is 6.07 Å². The minimum atomic E-state index is -4.52. The monoisotopic (exact) mass is 392 g/mol. The fourth-order valence-electron chi connectivity index (χ4n) is 2.90. The van der Waals surface area contributed by atoms with Crippen molar-refractivity contribution in [3.05, 3.63) is 71.0 Å². The summed E-state index contributed by atoms with van der Waals surface area (Å²) >= 11 is 0. The average Bonchev–Trinajstić information content (AvgIpc) is 2.95. The van der Waals surface area contributed by atoms with E-state index in [9.17, 15) is 22.4 Å². The molecule has 0 fully saturated rings. The standard InChI is InChI=1S/C20H16F4N2O2/c1-26-11-14(12-6-5-7-13(10-12)20(22,23)24)17(19(26)27)18(28-2)25-16-9-4-3-8-15(16)21/h3-10H,11H2,1-2H3. The molecule has 146 valence electrons. The Hall–Kier alpha value is -3.16. The summed E-state index contributed by atoms with van der Waals surface area (Å²) in [5.74, 6) is -1.24. The van der Waals surface area contributed by atoms with Crippen LogP contribution in [0.1, 0.15) is 11.1 Å². The molecule has 28 heavy (non-hydrogen) atoms. The van der Waals surface area contributed by atoms with Gasteiger partial charge in [-0.2, -0.15) is 13.2 Å². The average molecular weight is 392 g/mol. The van der Waals surface area contributed by atoms with Gasteiger partial charge in [-0.1, -0.05) is 24.3 Å². The molecule has 0 N–H and O–H groups in total. The molecule has 0 atom stereocenters. The Kier molecular flexibility index (Phi) is 5.22. The van der Waals surface area contributed by atoms with Gasteiger partial charge in [0, 0.05) is 13.6 Å². The fraction of sp³-hybridized carbons (Fsp3) is 0.200. The minimum absolute atomic E-state index is 0.00702. The van der Waals surface area contributed by atoms with Gasteiger partial charge in [0.25, 0.3) is 5.91 Å². The maximum Gasteiger partial charge on any atom is 0.416 e.